The first-order chi connectivity index (χ1) is 15.2. The number of amides is 1. The van der Waals surface area contributed by atoms with E-state index in [1.165, 1.54) is 0 Å². The van der Waals surface area contributed by atoms with Gasteiger partial charge in [-0.3, -0.25) is 4.79 Å². The molecule has 0 saturated carbocycles. The van der Waals surface area contributed by atoms with Crippen molar-refractivity contribution in [2.75, 3.05) is 0 Å². The van der Waals surface area contributed by atoms with Crippen molar-refractivity contribution in [3.63, 3.8) is 0 Å². The summed E-state index contributed by atoms with van der Waals surface area (Å²) < 4.78 is 1.59. The zero-order valence-corrected chi connectivity index (χ0v) is 16.7. The van der Waals surface area contributed by atoms with Crippen molar-refractivity contribution in [2.45, 2.75) is 13.0 Å². The third-order valence-corrected chi connectivity index (χ3v) is 5.07. The number of tetrazole rings is 1. The molecule has 2 heterocycles. The number of fused-ring (bicyclic) bond motifs is 1. The molecular weight excluding hydrogens is 390 g/mol. The van der Waals surface area contributed by atoms with E-state index >= 15 is 0 Å². The molecule has 0 bridgehead atoms. The van der Waals surface area contributed by atoms with Gasteiger partial charge in [0.05, 0.1) is 16.7 Å². The van der Waals surface area contributed by atoms with Gasteiger partial charge in [0.1, 0.15) is 11.9 Å². The Morgan fingerprint density at radius 3 is 2.58 bits per heavy atom. The Morgan fingerprint density at radius 1 is 1.00 bits per heavy atom. The number of benzene rings is 3. The van der Waals surface area contributed by atoms with E-state index in [0.717, 1.165) is 22.3 Å². The fraction of sp³-hybridized carbons (Fsp3) is 0.0870. The Morgan fingerprint density at radius 2 is 1.81 bits per heavy atom. The fourth-order valence-electron chi connectivity index (χ4n) is 3.53. The molecule has 152 valence electrons. The summed E-state index contributed by atoms with van der Waals surface area (Å²) in [6.07, 6.45) is 0. The number of aromatic nitrogens is 6. The van der Waals surface area contributed by atoms with E-state index in [1.807, 2.05) is 66.7 Å². The molecule has 8 heteroatoms. The van der Waals surface area contributed by atoms with Gasteiger partial charge in [0, 0.05) is 5.56 Å². The second kappa shape index (κ2) is 7.83. The number of H-pyrrole nitrogens is 1. The van der Waals surface area contributed by atoms with E-state index < -0.39 is 6.04 Å². The quantitative estimate of drug-likeness (QED) is 0.463. The van der Waals surface area contributed by atoms with Gasteiger partial charge in [-0.1, -0.05) is 48.5 Å². The van der Waals surface area contributed by atoms with Gasteiger partial charge in [-0.15, -0.1) is 5.10 Å². The Labute approximate surface area is 178 Å². The molecule has 2 N–H and O–H groups in total. The largest absolute Gasteiger partial charge is 0.340 e. The average molecular weight is 409 g/mol. The summed E-state index contributed by atoms with van der Waals surface area (Å²) in [6, 6.07) is 24.3. The van der Waals surface area contributed by atoms with Crippen LogP contribution < -0.4 is 5.32 Å². The summed E-state index contributed by atoms with van der Waals surface area (Å²) in [6.45, 7) is 1.81. The number of rotatable bonds is 5. The van der Waals surface area contributed by atoms with Gasteiger partial charge in [-0.05, 0) is 53.2 Å². The molecule has 1 atom stereocenters. The van der Waals surface area contributed by atoms with Crippen LogP contribution >= 0.6 is 0 Å². The average Bonchev–Trinajstić information content (AvgIpc) is 3.44. The van der Waals surface area contributed by atoms with E-state index in [-0.39, 0.29) is 5.91 Å². The second-order valence-electron chi connectivity index (χ2n) is 7.14. The molecule has 3 aromatic carbocycles. The molecule has 8 nitrogen and oxygen atoms in total. The highest BCUT2D eigenvalue weighted by molar-refractivity contribution is 5.95. The molecule has 0 aliphatic heterocycles. The number of para-hydroxylation sites is 2. The third-order valence-electron chi connectivity index (χ3n) is 5.07. The van der Waals surface area contributed by atoms with Gasteiger partial charge >= 0.3 is 0 Å². The summed E-state index contributed by atoms with van der Waals surface area (Å²) in [4.78, 5) is 21.3. The van der Waals surface area contributed by atoms with Gasteiger partial charge < -0.3 is 10.3 Å². The maximum absolute atomic E-state index is 13.2. The predicted octanol–water partition coefficient (Wildman–Crippen LogP) is 3.37. The van der Waals surface area contributed by atoms with E-state index in [9.17, 15) is 4.79 Å². The van der Waals surface area contributed by atoms with Crippen molar-refractivity contribution in [3.05, 3.63) is 102 Å². The minimum Gasteiger partial charge on any atom is -0.340 e. The molecule has 31 heavy (non-hydrogen) atoms. The number of carbonyl (C=O) groups excluding carboxylic acids is 1. The van der Waals surface area contributed by atoms with Crippen molar-refractivity contribution in [2.24, 2.45) is 0 Å². The van der Waals surface area contributed by atoms with E-state index in [0.29, 0.717) is 17.2 Å². The molecule has 0 aliphatic carbocycles. The first-order valence-corrected chi connectivity index (χ1v) is 9.85. The van der Waals surface area contributed by atoms with Crippen LogP contribution in [0.5, 0.6) is 0 Å². The van der Waals surface area contributed by atoms with Crippen LogP contribution in [0.15, 0.2) is 78.9 Å². The monoisotopic (exact) mass is 409 g/mol. The Bertz CT molecular complexity index is 1320. The second-order valence-corrected chi connectivity index (χ2v) is 7.14. The van der Waals surface area contributed by atoms with Gasteiger partial charge in [0.15, 0.2) is 5.82 Å². The van der Waals surface area contributed by atoms with Crippen molar-refractivity contribution in [1.29, 1.82) is 0 Å². The van der Waals surface area contributed by atoms with Crippen molar-refractivity contribution < 1.29 is 4.79 Å². The zero-order valence-electron chi connectivity index (χ0n) is 16.7. The molecule has 0 radical (unpaired) electrons. The standard InChI is InChI=1S/C23H19N7O/c1-15-27-28-29-30(15)18-11-7-10-17(14-18)23(31)26-21(16-8-3-2-4-9-16)22-24-19-12-5-6-13-20(19)25-22/h2-14,21H,1H3,(H,24,25)(H,26,31)/t21-/m1/s1. The maximum atomic E-state index is 13.2. The van der Waals surface area contributed by atoms with Crippen LogP contribution in [0.1, 0.15) is 33.6 Å². The smallest absolute Gasteiger partial charge is 0.252 e. The Hall–Kier alpha value is -4.33. The van der Waals surface area contributed by atoms with Gasteiger partial charge in [0.25, 0.3) is 5.91 Å². The minimum absolute atomic E-state index is 0.220. The topological polar surface area (TPSA) is 101 Å². The van der Waals surface area contributed by atoms with Crippen LogP contribution in [-0.4, -0.2) is 36.1 Å². The molecule has 1 amide bonds. The van der Waals surface area contributed by atoms with Crippen LogP contribution in [0.25, 0.3) is 16.7 Å². The molecular formula is C23H19N7O. The molecule has 5 rings (SSSR count). The van der Waals surface area contributed by atoms with Crippen LogP contribution in [0.4, 0.5) is 0 Å². The minimum atomic E-state index is -0.431. The van der Waals surface area contributed by atoms with E-state index in [4.69, 9.17) is 4.98 Å². The summed E-state index contributed by atoms with van der Waals surface area (Å²) in [7, 11) is 0. The summed E-state index contributed by atoms with van der Waals surface area (Å²) in [5.41, 5.74) is 3.93. The number of imidazole rings is 1. The summed E-state index contributed by atoms with van der Waals surface area (Å²) in [5, 5.41) is 14.7. The van der Waals surface area contributed by atoms with Crippen LogP contribution in [0.2, 0.25) is 0 Å². The Balaban J connectivity index is 1.50. The maximum Gasteiger partial charge on any atom is 0.252 e. The lowest BCUT2D eigenvalue weighted by atomic mass is 10.1. The first kappa shape index (κ1) is 18.7. The Kier molecular flexibility index (Phi) is 4.72. The lowest BCUT2D eigenvalue weighted by molar-refractivity contribution is 0.0941. The lowest BCUT2D eigenvalue weighted by Gasteiger charge is -2.17. The fourth-order valence-corrected chi connectivity index (χ4v) is 3.53. The number of nitrogens with one attached hydrogen (secondary N) is 2. The summed E-state index contributed by atoms with van der Waals surface area (Å²) in [5.74, 6) is 1.09. The third kappa shape index (κ3) is 3.66. The molecule has 0 aliphatic rings. The van der Waals surface area contributed by atoms with Gasteiger partial charge in [0.2, 0.25) is 0 Å². The van der Waals surface area contributed by atoms with E-state index in [1.54, 1.807) is 23.7 Å². The van der Waals surface area contributed by atoms with Crippen LogP contribution in [-0.2, 0) is 0 Å². The number of aryl methyl sites for hydroxylation is 1. The number of carbonyl (C=O) groups is 1. The number of hydrogen-bond donors (Lipinski definition) is 2. The van der Waals surface area contributed by atoms with Gasteiger partial charge in [-0.25, -0.2) is 4.98 Å². The zero-order chi connectivity index (χ0) is 21.2. The van der Waals surface area contributed by atoms with Crippen molar-refractivity contribution in [3.8, 4) is 5.69 Å². The van der Waals surface area contributed by atoms with Crippen molar-refractivity contribution in [1.82, 2.24) is 35.5 Å². The number of nitrogens with zero attached hydrogens (tertiary/aromatic N) is 5. The van der Waals surface area contributed by atoms with Gasteiger partial charge in [-0.2, -0.15) is 4.68 Å². The van der Waals surface area contributed by atoms with Crippen LogP contribution in [0, 0.1) is 6.92 Å². The first-order valence-electron chi connectivity index (χ1n) is 9.85. The summed E-state index contributed by atoms with van der Waals surface area (Å²) >= 11 is 0. The lowest BCUT2D eigenvalue weighted by Crippen LogP contribution is -2.30. The molecule has 0 spiro atoms. The SMILES string of the molecule is Cc1nnnn1-c1cccc(C(=O)N[C@H](c2ccccc2)c2nc3ccccc3[nH]2)c1. The highest BCUT2D eigenvalue weighted by Gasteiger charge is 2.21. The molecule has 2 aromatic heterocycles. The van der Waals surface area contributed by atoms with Crippen LogP contribution in [0.3, 0.4) is 0 Å². The number of aromatic amines is 1. The molecule has 0 fully saturated rings. The highest BCUT2D eigenvalue weighted by atomic mass is 16.1. The predicted molar refractivity (Wildman–Crippen MR) is 116 cm³/mol. The molecule has 5 aromatic rings. The van der Waals surface area contributed by atoms with Crippen molar-refractivity contribution >= 4 is 16.9 Å². The normalized spacial score (nSPS) is 12.0. The number of hydrogen-bond acceptors (Lipinski definition) is 5. The molecule has 0 saturated heterocycles. The highest BCUT2D eigenvalue weighted by Crippen LogP contribution is 2.23. The molecule has 0 unspecified atom stereocenters. The van der Waals surface area contributed by atoms with E-state index in [2.05, 4.69) is 25.8 Å².